The molecule has 2 heteroatoms. The molecule has 0 saturated carbocycles. The number of hydrogen-bond acceptors (Lipinski definition) is 2. The SMILES string of the molecule is CCC(C)C=NOCc1ccccc1. The smallest absolute Gasteiger partial charge is 0.142 e. The van der Waals surface area contributed by atoms with Crippen molar-refractivity contribution in [1.29, 1.82) is 0 Å². The molecule has 76 valence electrons. The molecule has 0 amide bonds. The second-order valence-electron chi connectivity index (χ2n) is 3.40. The predicted molar refractivity (Wildman–Crippen MR) is 59.2 cm³/mol. The predicted octanol–water partition coefficient (Wildman–Crippen LogP) is 3.24. The summed E-state index contributed by atoms with van der Waals surface area (Å²) < 4.78 is 0. The van der Waals surface area contributed by atoms with E-state index in [4.69, 9.17) is 4.84 Å². The molecule has 0 aromatic heterocycles. The molecule has 1 rings (SSSR count). The van der Waals surface area contributed by atoms with Crippen LogP contribution in [0.4, 0.5) is 0 Å². The average Bonchev–Trinajstić information content (AvgIpc) is 2.25. The first-order valence-electron chi connectivity index (χ1n) is 5.02. The molecule has 1 aromatic rings. The Kier molecular flexibility index (Phi) is 4.76. The monoisotopic (exact) mass is 191 g/mol. The highest BCUT2D eigenvalue weighted by atomic mass is 16.6. The molecule has 1 aromatic carbocycles. The van der Waals surface area contributed by atoms with Crippen LogP contribution in [-0.2, 0) is 11.4 Å². The van der Waals surface area contributed by atoms with Crippen LogP contribution in [0.5, 0.6) is 0 Å². The third-order valence-corrected chi connectivity index (χ3v) is 2.11. The van der Waals surface area contributed by atoms with Gasteiger partial charge in [-0.25, -0.2) is 0 Å². The van der Waals surface area contributed by atoms with Gasteiger partial charge in [-0.1, -0.05) is 49.3 Å². The molecule has 0 heterocycles. The van der Waals surface area contributed by atoms with Gasteiger partial charge < -0.3 is 4.84 Å². The van der Waals surface area contributed by atoms with E-state index in [0.717, 1.165) is 12.0 Å². The van der Waals surface area contributed by atoms with Crippen LogP contribution in [0.1, 0.15) is 25.8 Å². The molecule has 1 atom stereocenters. The van der Waals surface area contributed by atoms with Gasteiger partial charge in [-0.15, -0.1) is 0 Å². The first kappa shape index (κ1) is 10.8. The maximum absolute atomic E-state index is 5.16. The van der Waals surface area contributed by atoms with E-state index in [2.05, 4.69) is 19.0 Å². The zero-order chi connectivity index (χ0) is 10.2. The molecule has 0 aliphatic rings. The highest BCUT2D eigenvalue weighted by molar-refractivity contribution is 5.59. The van der Waals surface area contributed by atoms with E-state index in [1.807, 2.05) is 36.5 Å². The standard InChI is InChI=1S/C12H17NO/c1-3-11(2)9-13-14-10-12-7-5-4-6-8-12/h4-9,11H,3,10H2,1-2H3. The molecule has 0 saturated heterocycles. The van der Waals surface area contributed by atoms with Crippen LogP contribution in [0.3, 0.4) is 0 Å². The molecule has 0 fully saturated rings. The quantitative estimate of drug-likeness (QED) is 0.517. The van der Waals surface area contributed by atoms with Crippen LogP contribution in [0, 0.1) is 5.92 Å². The van der Waals surface area contributed by atoms with Gasteiger partial charge in [0.2, 0.25) is 0 Å². The van der Waals surface area contributed by atoms with Crippen molar-refractivity contribution < 1.29 is 4.84 Å². The molecular formula is C12H17NO. The fourth-order valence-corrected chi connectivity index (χ4v) is 0.938. The van der Waals surface area contributed by atoms with Gasteiger partial charge in [-0.2, -0.15) is 0 Å². The van der Waals surface area contributed by atoms with Crippen molar-refractivity contribution in [3.63, 3.8) is 0 Å². The van der Waals surface area contributed by atoms with Gasteiger partial charge in [0, 0.05) is 6.21 Å². The Morgan fingerprint density at radius 3 is 2.71 bits per heavy atom. The highest BCUT2D eigenvalue weighted by Crippen LogP contribution is 2.01. The molecule has 0 aliphatic heterocycles. The topological polar surface area (TPSA) is 21.6 Å². The first-order chi connectivity index (χ1) is 6.83. The van der Waals surface area contributed by atoms with Gasteiger partial charge in [0.25, 0.3) is 0 Å². The molecule has 0 aliphatic carbocycles. The van der Waals surface area contributed by atoms with Crippen LogP contribution < -0.4 is 0 Å². The lowest BCUT2D eigenvalue weighted by Crippen LogP contribution is -1.94. The van der Waals surface area contributed by atoms with Gasteiger partial charge in [0.15, 0.2) is 0 Å². The van der Waals surface area contributed by atoms with Gasteiger partial charge in [0.1, 0.15) is 6.61 Å². The fraction of sp³-hybridized carbons (Fsp3) is 0.417. The van der Waals surface area contributed by atoms with Crippen LogP contribution in [0.25, 0.3) is 0 Å². The van der Waals surface area contributed by atoms with Gasteiger partial charge in [-0.3, -0.25) is 0 Å². The number of rotatable bonds is 5. The summed E-state index contributed by atoms with van der Waals surface area (Å²) in [7, 11) is 0. The third kappa shape index (κ3) is 4.08. The summed E-state index contributed by atoms with van der Waals surface area (Å²) in [4.78, 5) is 5.16. The summed E-state index contributed by atoms with van der Waals surface area (Å²) >= 11 is 0. The Labute approximate surface area is 85.6 Å². The second-order valence-corrected chi connectivity index (χ2v) is 3.40. The van der Waals surface area contributed by atoms with Crippen molar-refractivity contribution in [2.75, 3.05) is 0 Å². The van der Waals surface area contributed by atoms with Crippen LogP contribution >= 0.6 is 0 Å². The number of oxime groups is 1. The van der Waals surface area contributed by atoms with Gasteiger partial charge in [-0.05, 0) is 17.9 Å². The van der Waals surface area contributed by atoms with Crippen LogP contribution in [-0.4, -0.2) is 6.21 Å². The highest BCUT2D eigenvalue weighted by Gasteiger charge is 1.92. The molecule has 0 spiro atoms. The zero-order valence-corrected chi connectivity index (χ0v) is 8.81. The number of benzene rings is 1. The summed E-state index contributed by atoms with van der Waals surface area (Å²) in [6.45, 7) is 4.80. The summed E-state index contributed by atoms with van der Waals surface area (Å²) in [5, 5.41) is 3.91. The second kappa shape index (κ2) is 6.19. The number of nitrogens with zero attached hydrogens (tertiary/aromatic N) is 1. The van der Waals surface area contributed by atoms with E-state index < -0.39 is 0 Å². The zero-order valence-electron chi connectivity index (χ0n) is 8.81. The van der Waals surface area contributed by atoms with Gasteiger partial charge >= 0.3 is 0 Å². The molecule has 14 heavy (non-hydrogen) atoms. The maximum Gasteiger partial charge on any atom is 0.142 e. The summed E-state index contributed by atoms with van der Waals surface area (Å²) in [6, 6.07) is 10.0. The Balaban J connectivity index is 2.25. The van der Waals surface area contributed by atoms with Crippen LogP contribution in [0.15, 0.2) is 35.5 Å². The van der Waals surface area contributed by atoms with Crippen molar-refractivity contribution in [2.24, 2.45) is 11.1 Å². The minimum Gasteiger partial charge on any atom is -0.391 e. The Morgan fingerprint density at radius 2 is 2.07 bits per heavy atom. The lowest BCUT2D eigenvalue weighted by molar-refractivity contribution is 0.130. The lowest BCUT2D eigenvalue weighted by Gasteiger charge is -2.00. The van der Waals surface area contributed by atoms with Crippen molar-refractivity contribution in [3.05, 3.63) is 35.9 Å². The maximum atomic E-state index is 5.16. The lowest BCUT2D eigenvalue weighted by atomic mass is 10.1. The normalized spacial score (nSPS) is 13.0. The molecule has 0 radical (unpaired) electrons. The van der Waals surface area contributed by atoms with E-state index in [-0.39, 0.29) is 0 Å². The summed E-state index contributed by atoms with van der Waals surface area (Å²) in [6.07, 6.45) is 2.95. The average molecular weight is 191 g/mol. The molecule has 0 bridgehead atoms. The van der Waals surface area contributed by atoms with Crippen molar-refractivity contribution in [3.8, 4) is 0 Å². The minimum absolute atomic E-state index is 0.491. The summed E-state index contributed by atoms with van der Waals surface area (Å²) in [5.41, 5.74) is 1.15. The van der Waals surface area contributed by atoms with Crippen molar-refractivity contribution >= 4 is 6.21 Å². The molecular weight excluding hydrogens is 174 g/mol. The minimum atomic E-state index is 0.491. The Morgan fingerprint density at radius 1 is 1.36 bits per heavy atom. The largest absolute Gasteiger partial charge is 0.391 e. The van der Waals surface area contributed by atoms with E-state index in [1.54, 1.807) is 0 Å². The van der Waals surface area contributed by atoms with Crippen LogP contribution in [0.2, 0.25) is 0 Å². The molecule has 2 nitrogen and oxygen atoms in total. The molecule has 1 unspecified atom stereocenters. The summed E-state index contributed by atoms with van der Waals surface area (Å²) in [5.74, 6) is 0.491. The fourth-order valence-electron chi connectivity index (χ4n) is 0.938. The van der Waals surface area contributed by atoms with Gasteiger partial charge in [0.05, 0.1) is 0 Å². The first-order valence-corrected chi connectivity index (χ1v) is 5.02. The Hall–Kier alpha value is -1.31. The molecule has 0 N–H and O–H groups in total. The van der Waals surface area contributed by atoms with E-state index in [9.17, 15) is 0 Å². The van der Waals surface area contributed by atoms with E-state index in [0.29, 0.717) is 12.5 Å². The van der Waals surface area contributed by atoms with E-state index >= 15 is 0 Å². The van der Waals surface area contributed by atoms with E-state index in [1.165, 1.54) is 0 Å². The number of hydrogen-bond donors (Lipinski definition) is 0. The third-order valence-electron chi connectivity index (χ3n) is 2.11. The Bertz CT molecular complexity index is 269. The van der Waals surface area contributed by atoms with Crippen molar-refractivity contribution in [2.45, 2.75) is 26.9 Å². The van der Waals surface area contributed by atoms with Crippen molar-refractivity contribution in [1.82, 2.24) is 0 Å².